The van der Waals surface area contributed by atoms with Gasteiger partial charge in [0.05, 0.1) is 11.6 Å². The molecule has 1 aliphatic rings. The topological polar surface area (TPSA) is 76.6 Å². The predicted molar refractivity (Wildman–Crippen MR) is 126 cm³/mol. The van der Waals surface area contributed by atoms with Crippen LogP contribution in [0.1, 0.15) is 36.1 Å². The molecular formula is C26H29N3O3. The fourth-order valence-electron chi connectivity index (χ4n) is 4.37. The van der Waals surface area contributed by atoms with E-state index in [-0.39, 0.29) is 11.3 Å². The number of amides is 1. The molecule has 0 saturated carbocycles. The number of carbonyl (C=O) groups excluding carboxylic acids is 2. The molecule has 1 unspecified atom stereocenters. The van der Waals surface area contributed by atoms with Crippen molar-refractivity contribution >= 4 is 28.4 Å². The largest absolute Gasteiger partial charge is 0.507 e. The molecule has 6 heteroatoms. The molecule has 166 valence electrons. The summed E-state index contributed by atoms with van der Waals surface area (Å²) in [4.78, 5) is 33.1. The number of aliphatic hydroxyl groups is 1. The van der Waals surface area contributed by atoms with Crippen LogP contribution in [-0.2, 0) is 16.0 Å². The number of aromatic nitrogens is 1. The van der Waals surface area contributed by atoms with Gasteiger partial charge in [-0.3, -0.25) is 9.59 Å². The number of fused-ring (bicyclic) bond motifs is 1. The molecule has 32 heavy (non-hydrogen) atoms. The van der Waals surface area contributed by atoms with E-state index >= 15 is 0 Å². The molecule has 1 saturated heterocycles. The number of aliphatic hydroxyl groups excluding tert-OH is 1. The van der Waals surface area contributed by atoms with E-state index in [0.29, 0.717) is 12.1 Å². The lowest BCUT2D eigenvalue weighted by Gasteiger charge is -2.25. The summed E-state index contributed by atoms with van der Waals surface area (Å²) >= 11 is 0. The highest BCUT2D eigenvalue weighted by molar-refractivity contribution is 6.46. The van der Waals surface area contributed by atoms with Gasteiger partial charge < -0.3 is 19.9 Å². The standard InChI is InChI=1S/C26H29N3O3/c1-4-17-10-12-18(13-11-17)24(30)22-23(20-16-27-21-9-6-5-8-19(20)21)29(26(32)25(22)31)15-7-14-28(2)3/h5-6,8-13,16,23,27,30H,4,7,14-15H2,1-3H3/b24-22+. The lowest BCUT2D eigenvalue weighted by atomic mass is 9.94. The number of hydrogen-bond acceptors (Lipinski definition) is 4. The lowest BCUT2D eigenvalue weighted by molar-refractivity contribution is -0.139. The van der Waals surface area contributed by atoms with Crippen molar-refractivity contribution in [3.63, 3.8) is 0 Å². The van der Waals surface area contributed by atoms with Crippen molar-refractivity contribution in [2.24, 2.45) is 0 Å². The minimum atomic E-state index is -0.640. The van der Waals surface area contributed by atoms with Crippen molar-refractivity contribution in [2.45, 2.75) is 25.8 Å². The second-order valence-corrected chi connectivity index (χ2v) is 8.49. The van der Waals surface area contributed by atoms with E-state index in [9.17, 15) is 14.7 Å². The number of likely N-dealkylation sites (tertiary alicyclic amines) is 1. The first kappa shape index (κ1) is 21.8. The van der Waals surface area contributed by atoms with Gasteiger partial charge in [-0.25, -0.2) is 0 Å². The third-order valence-electron chi connectivity index (χ3n) is 6.10. The number of hydrogen-bond donors (Lipinski definition) is 2. The zero-order chi connectivity index (χ0) is 22.8. The van der Waals surface area contributed by atoms with Crippen LogP contribution in [0.3, 0.4) is 0 Å². The zero-order valence-electron chi connectivity index (χ0n) is 18.8. The molecular weight excluding hydrogens is 402 g/mol. The summed E-state index contributed by atoms with van der Waals surface area (Å²) in [5.41, 5.74) is 3.57. The van der Waals surface area contributed by atoms with Crippen molar-refractivity contribution in [3.8, 4) is 0 Å². The molecule has 0 aliphatic carbocycles. The van der Waals surface area contributed by atoms with Crippen LogP contribution in [-0.4, -0.2) is 58.8 Å². The molecule has 1 atom stereocenters. The Morgan fingerprint density at radius 1 is 1.09 bits per heavy atom. The van der Waals surface area contributed by atoms with Gasteiger partial charge in [-0.2, -0.15) is 0 Å². The number of Topliss-reactive ketones (excluding diaryl/α,β-unsaturated/α-hetero) is 1. The molecule has 2 heterocycles. The fourth-order valence-corrected chi connectivity index (χ4v) is 4.37. The number of aromatic amines is 1. The highest BCUT2D eigenvalue weighted by atomic mass is 16.3. The lowest BCUT2D eigenvalue weighted by Crippen LogP contribution is -2.32. The Hall–Kier alpha value is -3.38. The highest BCUT2D eigenvalue weighted by Gasteiger charge is 2.46. The van der Waals surface area contributed by atoms with Gasteiger partial charge >= 0.3 is 0 Å². The molecule has 1 aromatic heterocycles. The van der Waals surface area contributed by atoms with E-state index < -0.39 is 17.7 Å². The Kier molecular flexibility index (Phi) is 6.15. The molecule has 0 spiro atoms. The molecule has 1 aliphatic heterocycles. The molecule has 1 amide bonds. The Morgan fingerprint density at radius 2 is 1.81 bits per heavy atom. The number of nitrogens with one attached hydrogen (secondary N) is 1. The van der Waals surface area contributed by atoms with Gasteiger partial charge in [0.15, 0.2) is 0 Å². The Labute approximate surface area is 188 Å². The van der Waals surface area contributed by atoms with Gasteiger partial charge in [0.2, 0.25) is 0 Å². The van der Waals surface area contributed by atoms with Crippen LogP contribution in [0.5, 0.6) is 0 Å². The summed E-state index contributed by atoms with van der Waals surface area (Å²) < 4.78 is 0. The first-order chi connectivity index (χ1) is 15.4. The van der Waals surface area contributed by atoms with Gasteiger partial charge in [-0.1, -0.05) is 49.4 Å². The maximum Gasteiger partial charge on any atom is 0.295 e. The minimum Gasteiger partial charge on any atom is -0.507 e. The maximum absolute atomic E-state index is 13.2. The van der Waals surface area contributed by atoms with Crippen LogP contribution in [0.4, 0.5) is 0 Å². The normalized spacial score (nSPS) is 18.2. The van der Waals surface area contributed by atoms with Gasteiger partial charge in [0.1, 0.15) is 5.76 Å². The van der Waals surface area contributed by atoms with E-state index in [0.717, 1.165) is 41.4 Å². The van der Waals surface area contributed by atoms with Gasteiger partial charge in [-0.05, 0) is 45.1 Å². The summed E-state index contributed by atoms with van der Waals surface area (Å²) in [5, 5.41) is 12.1. The molecule has 4 rings (SSSR count). The first-order valence-electron chi connectivity index (χ1n) is 11.0. The molecule has 6 nitrogen and oxygen atoms in total. The minimum absolute atomic E-state index is 0.128. The SMILES string of the molecule is CCc1ccc(/C(O)=C2\C(=O)C(=O)N(CCCN(C)C)C2c2c[nH]c3ccccc23)cc1. The molecule has 0 bridgehead atoms. The Morgan fingerprint density at radius 3 is 2.50 bits per heavy atom. The van der Waals surface area contributed by atoms with Crippen LogP contribution >= 0.6 is 0 Å². The highest BCUT2D eigenvalue weighted by Crippen LogP contribution is 2.41. The third-order valence-corrected chi connectivity index (χ3v) is 6.10. The second-order valence-electron chi connectivity index (χ2n) is 8.49. The van der Waals surface area contributed by atoms with Gasteiger partial charge in [-0.15, -0.1) is 0 Å². The summed E-state index contributed by atoms with van der Waals surface area (Å²) in [5.74, 6) is -1.33. The second kappa shape index (κ2) is 9.01. The van der Waals surface area contributed by atoms with Crippen LogP contribution in [0.2, 0.25) is 0 Å². The molecule has 0 radical (unpaired) electrons. The third kappa shape index (κ3) is 3.94. The predicted octanol–water partition coefficient (Wildman–Crippen LogP) is 4.10. The number of H-pyrrole nitrogens is 1. The van der Waals surface area contributed by atoms with Crippen molar-refractivity contribution in [1.82, 2.24) is 14.8 Å². The summed E-state index contributed by atoms with van der Waals surface area (Å²) in [6.45, 7) is 3.28. The van der Waals surface area contributed by atoms with E-state index in [1.165, 1.54) is 0 Å². The van der Waals surface area contributed by atoms with E-state index in [1.807, 2.05) is 61.6 Å². The number of nitrogens with zero attached hydrogens (tertiary/aromatic N) is 2. The summed E-state index contributed by atoms with van der Waals surface area (Å²) in [7, 11) is 3.95. The van der Waals surface area contributed by atoms with Crippen molar-refractivity contribution < 1.29 is 14.7 Å². The Balaban J connectivity index is 1.84. The quantitative estimate of drug-likeness (QED) is 0.335. The zero-order valence-corrected chi connectivity index (χ0v) is 18.8. The van der Waals surface area contributed by atoms with Crippen LogP contribution in [0.15, 0.2) is 60.3 Å². The molecule has 1 fully saturated rings. The van der Waals surface area contributed by atoms with Crippen molar-refractivity contribution in [1.29, 1.82) is 0 Å². The number of ketones is 1. The van der Waals surface area contributed by atoms with Crippen LogP contribution in [0.25, 0.3) is 16.7 Å². The number of aryl methyl sites for hydroxylation is 1. The maximum atomic E-state index is 13.2. The number of benzene rings is 2. The van der Waals surface area contributed by atoms with E-state index in [2.05, 4.69) is 11.9 Å². The monoisotopic (exact) mass is 431 g/mol. The first-order valence-corrected chi connectivity index (χ1v) is 11.0. The van der Waals surface area contributed by atoms with E-state index in [4.69, 9.17) is 0 Å². The van der Waals surface area contributed by atoms with Gasteiger partial charge in [0, 0.05) is 34.8 Å². The van der Waals surface area contributed by atoms with Crippen molar-refractivity contribution in [2.75, 3.05) is 27.2 Å². The number of carbonyl (C=O) groups is 2. The Bertz CT molecular complexity index is 1170. The molecule has 2 aromatic carbocycles. The number of rotatable bonds is 7. The van der Waals surface area contributed by atoms with E-state index in [1.54, 1.807) is 17.0 Å². The van der Waals surface area contributed by atoms with Crippen molar-refractivity contribution in [3.05, 3.63) is 77.0 Å². The smallest absolute Gasteiger partial charge is 0.295 e. The molecule has 2 N–H and O–H groups in total. The van der Waals surface area contributed by atoms with Crippen LogP contribution < -0.4 is 0 Å². The summed E-state index contributed by atoms with van der Waals surface area (Å²) in [6.07, 6.45) is 3.45. The number of para-hydroxylation sites is 1. The average Bonchev–Trinajstić information content (AvgIpc) is 3.32. The average molecular weight is 432 g/mol. The van der Waals surface area contributed by atoms with Crippen LogP contribution in [0, 0.1) is 0 Å². The molecule has 3 aromatic rings. The fraction of sp³-hybridized carbons (Fsp3) is 0.308. The summed E-state index contributed by atoms with van der Waals surface area (Å²) in [6, 6.07) is 14.6. The van der Waals surface area contributed by atoms with Gasteiger partial charge in [0.25, 0.3) is 11.7 Å².